The normalized spacial score (nSPS) is 51.5. The highest BCUT2D eigenvalue weighted by Gasteiger charge is 2.63. The number of fused-ring (bicyclic) bond motifs is 5. The Bertz CT molecular complexity index is 1110. The third-order valence-corrected chi connectivity index (χ3v) is 15.2. The number of ether oxygens (including phenoxy) is 4. The van der Waals surface area contributed by atoms with Crippen molar-refractivity contribution in [3.63, 3.8) is 0 Å². The van der Waals surface area contributed by atoms with E-state index in [2.05, 4.69) is 34.6 Å². The van der Waals surface area contributed by atoms with Crippen LogP contribution in [0.15, 0.2) is 0 Å². The first kappa shape index (κ1) is 39.3. The first-order valence-corrected chi connectivity index (χ1v) is 20.0. The van der Waals surface area contributed by atoms with Gasteiger partial charge in [-0.15, -0.1) is 0 Å². The lowest BCUT2D eigenvalue weighted by Crippen LogP contribution is -2.66. The van der Waals surface area contributed by atoms with Gasteiger partial charge in [-0.05, 0) is 104 Å². The Morgan fingerprint density at radius 3 is 2.12 bits per heavy atom. The van der Waals surface area contributed by atoms with Crippen LogP contribution in [0.25, 0.3) is 0 Å². The maximum atomic E-state index is 11.6. The van der Waals surface area contributed by atoms with Crippen molar-refractivity contribution in [2.45, 2.75) is 179 Å². The molecule has 19 atom stereocenters. The Hall–Kier alpha value is -0.440. The molecule has 0 radical (unpaired) electrons. The van der Waals surface area contributed by atoms with Crippen molar-refractivity contribution in [3.05, 3.63) is 0 Å². The zero-order valence-corrected chi connectivity index (χ0v) is 31.1. The number of hydrogen-bond acceptors (Lipinski definition) is 11. The van der Waals surface area contributed by atoms with Crippen molar-refractivity contribution >= 4 is 0 Å². The summed E-state index contributed by atoms with van der Waals surface area (Å²) in [5.41, 5.74) is 0.223. The Balaban J connectivity index is 1.19. The van der Waals surface area contributed by atoms with Crippen molar-refractivity contribution in [1.29, 1.82) is 0 Å². The minimum Gasteiger partial charge on any atom is -0.394 e. The van der Waals surface area contributed by atoms with E-state index >= 15 is 0 Å². The van der Waals surface area contributed by atoms with Gasteiger partial charge >= 0.3 is 0 Å². The first-order chi connectivity index (χ1) is 23.8. The molecule has 4 aliphatic carbocycles. The largest absolute Gasteiger partial charge is 0.394 e. The van der Waals surface area contributed by atoms with Gasteiger partial charge in [0.1, 0.15) is 48.8 Å². The van der Waals surface area contributed by atoms with Gasteiger partial charge in [0.2, 0.25) is 0 Å². The summed E-state index contributed by atoms with van der Waals surface area (Å²) in [4.78, 5) is 0. The van der Waals surface area contributed by atoms with Crippen molar-refractivity contribution in [2.24, 2.45) is 52.3 Å². The van der Waals surface area contributed by atoms with Gasteiger partial charge in [0.05, 0.1) is 19.3 Å². The van der Waals surface area contributed by atoms with Gasteiger partial charge in [-0.1, -0.05) is 60.3 Å². The van der Waals surface area contributed by atoms with E-state index in [1.165, 1.54) is 44.9 Å². The lowest BCUT2D eigenvalue weighted by atomic mass is 9.44. The van der Waals surface area contributed by atoms with E-state index in [4.69, 9.17) is 18.9 Å². The molecule has 0 amide bonds. The summed E-state index contributed by atoms with van der Waals surface area (Å²) in [6.45, 7) is 11.0. The van der Waals surface area contributed by atoms with Crippen molar-refractivity contribution in [3.8, 4) is 0 Å². The fourth-order valence-corrected chi connectivity index (χ4v) is 12.4. The summed E-state index contributed by atoms with van der Waals surface area (Å²) in [5.74, 6) is 4.56. The summed E-state index contributed by atoms with van der Waals surface area (Å²) in [5, 5.41) is 74.3. The zero-order valence-electron chi connectivity index (χ0n) is 31.1. The Morgan fingerprint density at radius 1 is 0.700 bits per heavy atom. The Morgan fingerprint density at radius 2 is 1.42 bits per heavy atom. The molecule has 2 aliphatic heterocycles. The second-order valence-electron chi connectivity index (χ2n) is 18.1. The molecule has 11 nitrogen and oxygen atoms in total. The van der Waals surface area contributed by atoms with E-state index in [1.54, 1.807) is 0 Å². The maximum absolute atomic E-state index is 11.6. The average Bonchev–Trinajstić information content (AvgIpc) is 3.44. The second kappa shape index (κ2) is 15.7. The highest BCUT2D eigenvalue weighted by molar-refractivity contribution is 5.11. The SMILES string of the molecule is CC(C)CCC[C@@H](C)[C@H]1CC[C@H]2[C@@H]3CCC4CCCC(O[C@@H]5[C@H](O)[C@@H](O[C@H]6[C@@H](O)[C@H](O)[C@@H](CO)O[C@@H]6O)O[C@H](CO)[C@H]5O)[C@]4(C)[C@H]3CC[C@]12C. The molecule has 2 heterocycles. The van der Waals surface area contributed by atoms with Crippen LogP contribution in [0.4, 0.5) is 0 Å². The van der Waals surface area contributed by atoms with Gasteiger partial charge in [-0.2, -0.15) is 0 Å². The fourth-order valence-electron chi connectivity index (χ4n) is 12.4. The number of aliphatic hydroxyl groups is 7. The van der Waals surface area contributed by atoms with Crippen molar-refractivity contribution in [2.75, 3.05) is 13.2 Å². The van der Waals surface area contributed by atoms with Crippen molar-refractivity contribution < 1.29 is 54.7 Å². The topological polar surface area (TPSA) is 179 Å². The molecule has 290 valence electrons. The molecule has 0 aromatic carbocycles. The first-order valence-electron chi connectivity index (χ1n) is 20.0. The molecule has 0 bridgehead atoms. The van der Waals surface area contributed by atoms with Gasteiger partial charge in [0.15, 0.2) is 12.6 Å². The quantitative estimate of drug-likeness (QED) is 0.168. The van der Waals surface area contributed by atoms with E-state index in [0.717, 1.165) is 49.9 Å². The second-order valence-corrected chi connectivity index (χ2v) is 18.1. The molecule has 6 fully saturated rings. The molecule has 4 saturated carbocycles. The molecule has 0 aromatic rings. The van der Waals surface area contributed by atoms with E-state index in [1.807, 2.05) is 0 Å². The van der Waals surface area contributed by atoms with Gasteiger partial charge in [-0.25, -0.2) is 0 Å². The molecular weight excluding hydrogens is 644 g/mol. The number of rotatable bonds is 11. The third-order valence-electron chi connectivity index (χ3n) is 15.2. The smallest absolute Gasteiger partial charge is 0.187 e. The Labute approximate surface area is 299 Å². The van der Waals surface area contributed by atoms with Crippen LogP contribution in [-0.4, -0.2) is 116 Å². The molecule has 0 spiro atoms. The van der Waals surface area contributed by atoms with E-state index in [0.29, 0.717) is 29.1 Å². The fraction of sp³-hybridized carbons (Fsp3) is 1.00. The van der Waals surface area contributed by atoms with E-state index in [-0.39, 0.29) is 11.5 Å². The molecule has 6 rings (SSSR count). The van der Waals surface area contributed by atoms with E-state index in [9.17, 15) is 35.7 Å². The maximum Gasteiger partial charge on any atom is 0.187 e. The van der Waals surface area contributed by atoms with Gasteiger partial charge in [0.25, 0.3) is 0 Å². The van der Waals surface area contributed by atoms with Gasteiger partial charge < -0.3 is 54.7 Å². The molecule has 7 N–H and O–H groups in total. The lowest BCUT2D eigenvalue weighted by Gasteiger charge is -2.63. The summed E-state index contributed by atoms with van der Waals surface area (Å²) < 4.78 is 23.7. The van der Waals surface area contributed by atoms with Crippen LogP contribution < -0.4 is 0 Å². The summed E-state index contributed by atoms with van der Waals surface area (Å²) in [7, 11) is 0. The summed E-state index contributed by atoms with van der Waals surface area (Å²) in [6.07, 6.45) is -0.246. The number of hydrogen-bond donors (Lipinski definition) is 7. The van der Waals surface area contributed by atoms with Crippen LogP contribution in [0.3, 0.4) is 0 Å². The molecule has 6 aliphatic rings. The molecule has 2 saturated heterocycles. The molecule has 11 heteroatoms. The minimum absolute atomic E-state index is 0.140. The highest BCUT2D eigenvalue weighted by atomic mass is 16.7. The zero-order chi connectivity index (χ0) is 36.1. The molecule has 0 aromatic heterocycles. The van der Waals surface area contributed by atoms with Crippen LogP contribution in [0, 0.1) is 52.3 Å². The van der Waals surface area contributed by atoms with Crippen LogP contribution in [-0.2, 0) is 18.9 Å². The van der Waals surface area contributed by atoms with E-state index < -0.39 is 74.6 Å². The third kappa shape index (κ3) is 6.98. The van der Waals surface area contributed by atoms with Crippen LogP contribution in [0.2, 0.25) is 0 Å². The van der Waals surface area contributed by atoms with Crippen LogP contribution >= 0.6 is 0 Å². The Kier molecular flexibility index (Phi) is 12.4. The van der Waals surface area contributed by atoms with Crippen LogP contribution in [0.1, 0.15) is 112 Å². The predicted octanol–water partition coefficient (Wildman–Crippen LogP) is 3.12. The molecular formula is C39H68O11. The molecule has 50 heavy (non-hydrogen) atoms. The standard InChI is InChI=1S/C39H68O11/c1-20(2)8-6-9-21(3)24-14-15-25-23-13-12-22-10-7-11-29(39(22,5)26(23)16-17-38(24,25)4)49-34-31(43)28(19-41)48-37(33(34)45)50-35-32(44)30(42)27(18-40)47-36(35)46/h20-37,40-46H,6-19H2,1-5H3/t21-,22?,23+,24-,25+,26+,27-,28-,29?,30-,31-,32+,33+,34+,35+,36+,37-,38-,39+/m1/s1. The predicted molar refractivity (Wildman–Crippen MR) is 184 cm³/mol. The van der Waals surface area contributed by atoms with Crippen molar-refractivity contribution in [1.82, 2.24) is 0 Å². The molecule has 2 unspecified atom stereocenters. The van der Waals surface area contributed by atoms with Gasteiger partial charge in [-0.3, -0.25) is 0 Å². The average molecular weight is 713 g/mol. The highest BCUT2D eigenvalue weighted by Crippen LogP contribution is 2.69. The lowest BCUT2D eigenvalue weighted by molar-refractivity contribution is -0.369. The van der Waals surface area contributed by atoms with Gasteiger partial charge in [0, 0.05) is 0 Å². The monoisotopic (exact) mass is 712 g/mol. The summed E-state index contributed by atoms with van der Waals surface area (Å²) in [6, 6.07) is 0. The van der Waals surface area contributed by atoms with Crippen LogP contribution in [0.5, 0.6) is 0 Å². The number of aliphatic hydroxyl groups excluding tert-OH is 7. The minimum atomic E-state index is -1.73. The summed E-state index contributed by atoms with van der Waals surface area (Å²) >= 11 is 0.